The SMILES string of the molecule is COC[C@H](C)Oc1cc(Oc2cnc(C(=O)N3CCC3)nc2)cc(-c2cc3cccnc3[nH]2)c1.[HH]. The molecule has 1 aromatic carbocycles. The van der Waals surface area contributed by atoms with Crippen LogP contribution in [0.1, 0.15) is 25.4 Å². The molecule has 0 bridgehead atoms. The standard InChI is InChI=1S/C25H25N5O4.H2/c1-16(15-32-2)33-19-9-18(22-11-17-5-3-6-26-23(17)29-22)10-20(12-19)34-21-13-27-24(28-14-21)25(31)30-7-4-8-30;/h3,5-6,9-14,16H,4,7-8,15H2,1-2H3,(H,26,29);1H/t16-;/m0./s1. The lowest BCUT2D eigenvalue weighted by molar-refractivity contribution is 0.0639. The predicted molar refractivity (Wildman–Crippen MR) is 128 cm³/mol. The molecule has 1 N–H and O–H groups in total. The van der Waals surface area contributed by atoms with E-state index in [1.54, 1.807) is 24.3 Å². The van der Waals surface area contributed by atoms with E-state index in [-0.39, 0.29) is 19.3 Å². The number of aromatic amines is 1. The molecule has 1 aliphatic heterocycles. The largest absolute Gasteiger partial charge is 0.488 e. The number of carbonyl (C=O) groups excluding carboxylic acids is 1. The van der Waals surface area contributed by atoms with Crippen molar-refractivity contribution in [1.82, 2.24) is 24.8 Å². The van der Waals surface area contributed by atoms with Gasteiger partial charge in [0.05, 0.1) is 19.0 Å². The topological polar surface area (TPSA) is 102 Å². The Balaban J connectivity index is 0.00000289. The number of nitrogens with one attached hydrogen (secondary N) is 1. The number of aromatic nitrogens is 4. The van der Waals surface area contributed by atoms with Gasteiger partial charge in [-0.25, -0.2) is 15.0 Å². The molecule has 4 heterocycles. The third kappa shape index (κ3) is 4.69. The van der Waals surface area contributed by atoms with E-state index < -0.39 is 0 Å². The molecule has 9 heteroatoms. The molecule has 0 radical (unpaired) electrons. The molecular weight excluding hydrogens is 434 g/mol. The average molecular weight is 462 g/mol. The summed E-state index contributed by atoms with van der Waals surface area (Å²) in [5.41, 5.74) is 2.56. The van der Waals surface area contributed by atoms with Crippen LogP contribution in [0.25, 0.3) is 22.3 Å². The van der Waals surface area contributed by atoms with E-state index in [0.29, 0.717) is 23.9 Å². The predicted octanol–water partition coefficient (Wildman–Crippen LogP) is 4.32. The number of H-pyrrole nitrogens is 1. The normalized spacial score (nSPS) is 14.0. The Bertz CT molecular complexity index is 1270. The van der Waals surface area contributed by atoms with Crippen LogP contribution in [-0.4, -0.2) is 63.7 Å². The van der Waals surface area contributed by atoms with Crippen LogP contribution in [0, 0.1) is 0 Å². The van der Waals surface area contributed by atoms with Gasteiger partial charge in [0.2, 0.25) is 5.82 Å². The van der Waals surface area contributed by atoms with Crippen molar-refractivity contribution in [1.29, 1.82) is 0 Å². The van der Waals surface area contributed by atoms with Crippen molar-refractivity contribution in [3.63, 3.8) is 0 Å². The summed E-state index contributed by atoms with van der Waals surface area (Å²) in [6.45, 7) is 3.89. The van der Waals surface area contributed by atoms with Gasteiger partial charge in [0, 0.05) is 50.5 Å². The first-order valence-electron chi connectivity index (χ1n) is 11.1. The molecule has 9 nitrogen and oxygen atoms in total. The van der Waals surface area contributed by atoms with Gasteiger partial charge < -0.3 is 24.1 Å². The minimum Gasteiger partial charge on any atom is -0.488 e. The first-order chi connectivity index (χ1) is 16.6. The van der Waals surface area contributed by atoms with Gasteiger partial charge in [0.25, 0.3) is 5.91 Å². The van der Waals surface area contributed by atoms with Gasteiger partial charge in [0.1, 0.15) is 23.3 Å². The summed E-state index contributed by atoms with van der Waals surface area (Å²) in [7, 11) is 1.64. The first kappa shape index (κ1) is 21.8. The number of hydrogen-bond acceptors (Lipinski definition) is 7. The van der Waals surface area contributed by atoms with Gasteiger partial charge >= 0.3 is 0 Å². The van der Waals surface area contributed by atoms with Crippen LogP contribution < -0.4 is 9.47 Å². The van der Waals surface area contributed by atoms with Crippen LogP contribution in [0.3, 0.4) is 0 Å². The molecule has 1 atom stereocenters. The molecule has 176 valence electrons. The fourth-order valence-electron chi connectivity index (χ4n) is 3.74. The molecule has 0 saturated carbocycles. The summed E-state index contributed by atoms with van der Waals surface area (Å²) in [4.78, 5) is 30.1. The molecule has 3 aromatic heterocycles. The van der Waals surface area contributed by atoms with Crippen molar-refractivity contribution in [2.24, 2.45) is 0 Å². The van der Waals surface area contributed by atoms with Crippen molar-refractivity contribution in [3.05, 3.63) is 60.8 Å². The van der Waals surface area contributed by atoms with Crippen LogP contribution in [0.4, 0.5) is 0 Å². The number of fused-ring (bicyclic) bond motifs is 1. The Kier molecular flexibility index (Phi) is 6.09. The number of carbonyl (C=O) groups is 1. The van der Waals surface area contributed by atoms with E-state index in [9.17, 15) is 4.79 Å². The molecule has 0 aliphatic carbocycles. The Labute approximate surface area is 198 Å². The maximum absolute atomic E-state index is 12.3. The number of pyridine rings is 1. The molecule has 0 spiro atoms. The highest BCUT2D eigenvalue weighted by Crippen LogP contribution is 2.33. The summed E-state index contributed by atoms with van der Waals surface area (Å²) in [5.74, 6) is 1.62. The van der Waals surface area contributed by atoms with Gasteiger partial charge in [-0.05, 0) is 43.7 Å². The van der Waals surface area contributed by atoms with Crippen LogP contribution in [0.5, 0.6) is 17.2 Å². The van der Waals surface area contributed by atoms with Crippen LogP contribution >= 0.6 is 0 Å². The lowest BCUT2D eigenvalue weighted by atomic mass is 10.1. The van der Waals surface area contributed by atoms with Crippen molar-refractivity contribution >= 4 is 16.9 Å². The van der Waals surface area contributed by atoms with Crippen LogP contribution in [0.2, 0.25) is 0 Å². The number of nitrogens with zero attached hydrogens (tertiary/aromatic N) is 4. The highest BCUT2D eigenvalue weighted by atomic mass is 16.5. The second-order valence-electron chi connectivity index (χ2n) is 8.19. The number of methoxy groups -OCH3 is 1. The van der Waals surface area contributed by atoms with Gasteiger partial charge in [-0.15, -0.1) is 0 Å². The Hall–Kier alpha value is -3.98. The zero-order valence-electron chi connectivity index (χ0n) is 19.0. The van der Waals surface area contributed by atoms with Crippen molar-refractivity contribution in [2.75, 3.05) is 26.8 Å². The average Bonchev–Trinajstić information content (AvgIpc) is 3.23. The highest BCUT2D eigenvalue weighted by Gasteiger charge is 2.23. The number of rotatable bonds is 8. The third-order valence-electron chi connectivity index (χ3n) is 5.52. The Morgan fingerprint density at radius 3 is 2.62 bits per heavy atom. The number of ether oxygens (including phenoxy) is 3. The molecule has 1 amide bonds. The zero-order valence-corrected chi connectivity index (χ0v) is 19.0. The van der Waals surface area contributed by atoms with E-state index in [2.05, 4.69) is 19.9 Å². The van der Waals surface area contributed by atoms with Crippen LogP contribution in [-0.2, 0) is 4.74 Å². The zero-order chi connectivity index (χ0) is 23.5. The maximum atomic E-state index is 12.3. The lowest BCUT2D eigenvalue weighted by Gasteiger charge is -2.29. The molecule has 0 unspecified atom stereocenters. The van der Waals surface area contributed by atoms with Gasteiger partial charge in [-0.2, -0.15) is 0 Å². The van der Waals surface area contributed by atoms with E-state index in [4.69, 9.17) is 14.2 Å². The summed E-state index contributed by atoms with van der Waals surface area (Å²) < 4.78 is 17.3. The van der Waals surface area contributed by atoms with E-state index in [1.165, 1.54) is 12.4 Å². The quantitative estimate of drug-likeness (QED) is 0.417. The summed E-state index contributed by atoms with van der Waals surface area (Å²) in [6.07, 6.45) is 5.64. The minimum atomic E-state index is -0.157. The van der Waals surface area contributed by atoms with Gasteiger partial charge in [-0.1, -0.05) is 0 Å². The van der Waals surface area contributed by atoms with Crippen molar-refractivity contribution in [3.8, 4) is 28.5 Å². The van der Waals surface area contributed by atoms with Crippen molar-refractivity contribution < 1.29 is 20.4 Å². The smallest absolute Gasteiger partial charge is 0.291 e. The summed E-state index contributed by atoms with van der Waals surface area (Å²) in [5, 5.41) is 1.01. The number of hydrogen-bond donors (Lipinski definition) is 1. The maximum Gasteiger partial charge on any atom is 0.291 e. The van der Waals surface area contributed by atoms with Crippen molar-refractivity contribution in [2.45, 2.75) is 19.4 Å². The number of benzene rings is 1. The van der Waals surface area contributed by atoms with Gasteiger partial charge in [0.15, 0.2) is 5.75 Å². The second kappa shape index (κ2) is 9.48. The summed E-state index contributed by atoms with van der Waals surface area (Å²) in [6, 6.07) is 11.6. The minimum absolute atomic E-state index is 0. The van der Waals surface area contributed by atoms with E-state index in [1.807, 2.05) is 37.3 Å². The first-order valence-corrected chi connectivity index (χ1v) is 11.1. The van der Waals surface area contributed by atoms with E-state index in [0.717, 1.165) is 41.8 Å². The second-order valence-corrected chi connectivity index (χ2v) is 8.19. The fraction of sp³-hybridized carbons (Fsp3) is 0.280. The molecule has 4 aromatic rings. The van der Waals surface area contributed by atoms with Crippen LogP contribution in [0.15, 0.2) is 55.0 Å². The van der Waals surface area contributed by atoms with E-state index >= 15 is 0 Å². The Morgan fingerprint density at radius 1 is 1.12 bits per heavy atom. The molecule has 34 heavy (non-hydrogen) atoms. The summed E-state index contributed by atoms with van der Waals surface area (Å²) >= 11 is 0. The monoisotopic (exact) mass is 461 g/mol. The number of amides is 1. The molecule has 1 saturated heterocycles. The molecule has 1 fully saturated rings. The molecule has 1 aliphatic rings. The Morgan fingerprint density at radius 2 is 1.91 bits per heavy atom. The number of likely N-dealkylation sites (tertiary alicyclic amines) is 1. The molecule has 5 rings (SSSR count). The fourth-order valence-corrected chi connectivity index (χ4v) is 3.74. The van der Waals surface area contributed by atoms with Gasteiger partial charge in [-0.3, -0.25) is 4.79 Å². The molecular formula is C25H27N5O4. The third-order valence-corrected chi connectivity index (χ3v) is 5.52. The lowest BCUT2D eigenvalue weighted by Crippen LogP contribution is -2.42. The highest BCUT2D eigenvalue weighted by molar-refractivity contribution is 5.90.